The molecule has 3 rings (SSSR count). The highest BCUT2D eigenvalue weighted by Gasteiger charge is 2.10. The molecule has 0 radical (unpaired) electrons. The largest absolute Gasteiger partial charge is 0.337 e. The standard InChI is InChI=1S/C15H19N9O/c1-3-12-19-14(23-24(12)2)20-15(25)17-8-6-11-18-13(22-21-11)10-5-4-7-16-9-10/h4-5,7,9H,3,6,8H2,1-2H3,(H,18,21,22)(H2,17,20,23,25). The number of nitrogens with one attached hydrogen (secondary N) is 3. The molecule has 0 saturated carbocycles. The van der Waals surface area contributed by atoms with Crippen LogP contribution in [-0.4, -0.2) is 47.5 Å². The number of aryl methyl sites for hydroxylation is 2. The number of aromatic amines is 1. The lowest BCUT2D eigenvalue weighted by molar-refractivity contribution is 0.252. The van der Waals surface area contributed by atoms with E-state index in [1.165, 1.54) is 0 Å². The first kappa shape index (κ1) is 16.6. The number of pyridine rings is 1. The first-order valence-corrected chi connectivity index (χ1v) is 7.92. The van der Waals surface area contributed by atoms with Gasteiger partial charge in [-0.2, -0.15) is 10.1 Å². The Morgan fingerprint density at radius 2 is 2.24 bits per heavy atom. The fourth-order valence-corrected chi connectivity index (χ4v) is 2.25. The fourth-order valence-electron chi connectivity index (χ4n) is 2.25. The Hall–Kier alpha value is -3.30. The van der Waals surface area contributed by atoms with Crippen molar-refractivity contribution in [1.29, 1.82) is 0 Å². The Morgan fingerprint density at radius 3 is 2.96 bits per heavy atom. The van der Waals surface area contributed by atoms with E-state index in [9.17, 15) is 4.79 Å². The molecule has 10 heteroatoms. The maximum Gasteiger partial charge on any atom is 0.321 e. The molecule has 0 bridgehead atoms. The fraction of sp³-hybridized carbons (Fsp3) is 0.333. The topological polar surface area (TPSA) is 126 Å². The number of anilines is 1. The number of carbonyl (C=O) groups excluding carboxylic acids is 1. The Balaban J connectivity index is 1.48. The van der Waals surface area contributed by atoms with Gasteiger partial charge in [-0.3, -0.25) is 20.1 Å². The average Bonchev–Trinajstić information content (AvgIpc) is 3.22. The Bertz CT molecular complexity index is 840. The van der Waals surface area contributed by atoms with Crippen molar-refractivity contribution in [2.75, 3.05) is 11.9 Å². The van der Waals surface area contributed by atoms with E-state index in [1.807, 2.05) is 19.1 Å². The Labute approximate surface area is 144 Å². The second-order valence-electron chi connectivity index (χ2n) is 5.31. The van der Waals surface area contributed by atoms with Crippen LogP contribution in [0.15, 0.2) is 24.5 Å². The molecule has 2 amide bonds. The number of nitrogens with zero attached hydrogens (tertiary/aromatic N) is 6. The van der Waals surface area contributed by atoms with Crippen LogP contribution in [-0.2, 0) is 19.9 Å². The van der Waals surface area contributed by atoms with Gasteiger partial charge in [-0.05, 0) is 12.1 Å². The summed E-state index contributed by atoms with van der Waals surface area (Å²) in [6.07, 6.45) is 4.66. The van der Waals surface area contributed by atoms with E-state index in [2.05, 4.69) is 40.9 Å². The Kier molecular flexibility index (Phi) is 4.97. The maximum atomic E-state index is 11.9. The molecule has 0 aliphatic heterocycles. The smallest absolute Gasteiger partial charge is 0.321 e. The van der Waals surface area contributed by atoms with Crippen molar-refractivity contribution in [2.45, 2.75) is 19.8 Å². The lowest BCUT2D eigenvalue weighted by Crippen LogP contribution is -2.31. The molecule has 3 aromatic rings. The molecular weight excluding hydrogens is 322 g/mol. The highest BCUT2D eigenvalue weighted by Crippen LogP contribution is 2.11. The van der Waals surface area contributed by atoms with E-state index in [0.717, 1.165) is 17.8 Å². The number of hydrogen-bond acceptors (Lipinski definition) is 6. The van der Waals surface area contributed by atoms with Gasteiger partial charge in [0, 0.05) is 44.4 Å². The zero-order valence-electron chi connectivity index (χ0n) is 14.0. The first-order chi connectivity index (χ1) is 12.2. The number of amides is 2. The quantitative estimate of drug-likeness (QED) is 0.612. The van der Waals surface area contributed by atoms with Gasteiger partial charge in [0.25, 0.3) is 0 Å². The molecular formula is C15H19N9O. The predicted molar refractivity (Wildman–Crippen MR) is 90.7 cm³/mol. The van der Waals surface area contributed by atoms with E-state index in [4.69, 9.17) is 0 Å². The van der Waals surface area contributed by atoms with Crippen molar-refractivity contribution < 1.29 is 4.79 Å². The van der Waals surface area contributed by atoms with Gasteiger partial charge in [0.2, 0.25) is 5.95 Å². The highest BCUT2D eigenvalue weighted by molar-refractivity contribution is 5.87. The minimum absolute atomic E-state index is 0.287. The van der Waals surface area contributed by atoms with E-state index >= 15 is 0 Å². The first-order valence-electron chi connectivity index (χ1n) is 7.92. The molecule has 3 heterocycles. The third-order valence-corrected chi connectivity index (χ3v) is 3.49. The summed E-state index contributed by atoms with van der Waals surface area (Å²) >= 11 is 0. The zero-order chi connectivity index (χ0) is 17.6. The molecule has 0 unspecified atom stereocenters. The van der Waals surface area contributed by atoms with Crippen molar-refractivity contribution in [1.82, 2.24) is 40.2 Å². The zero-order valence-corrected chi connectivity index (χ0v) is 14.0. The number of H-pyrrole nitrogens is 1. The predicted octanol–water partition coefficient (Wildman–Crippen LogP) is 0.922. The summed E-state index contributed by atoms with van der Waals surface area (Å²) in [5.74, 6) is 2.36. The molecule has 3 N–H and O–H groups in total. The summed E-state index contributed by atoms with van der Waals surface area (Å²) in [4.78, 5) is 24.5. The summed E-state index contributed by atoms with van der Waals surface area (Å²) in [7, 11) is 1.79. The van der Waals surface area contributed by atoms with Crippen molar-refractivity contribution >= 4 is 12.0 Å². The van der Waals surface area contributed by atoms with Gasteiger partial charge in [-0.1, -0.05) is 6.92 Å². The summed E-state index contributed by atoms with van der Waals surface area (Å²) in [6, 6.07) is 3.35. The normalized spacial score (nSPS) is 10.6. The van der Waals surface area contributed by atoms with Gasteiger partial charge >= 0.3 is 6.03 Å². The molecule has 25 heavy (non-hydrogen) atoms. The summed E-state index contributed by atoms with van der Waals surface area (Å²) in [5.41, 5.74) is 0.837. The molecule has 0 saturated heterocycles. The number of urea groups is 1. The molecule has 0 spiro atoms. The van der Waals surface area contributed by atoms with Crippen molar-refractivity contribution in [3.8, 4) is 11.4 Å². The van der Waals surface area contributed by atoms with Crippen LogP contribution in [0, 0.1) is 0 Å². The van der Waals surface area contributed by atoms with Crippen LogP contribution in [0.5, 0.6) is 0 Å². The third-order valence-electron chi connectivity index (χ3n) is 3.49. The van der Waals surface area contributed by atoms with Gasteiger partial charge < -0.3 is 5.32 Å². The van der Waals surface area contributed by atoms with Gasteiger partial charge in [0.1, 0.15) is 11.6 Å². The van der Waals surface area contributed by atoms with Crippen molar-refractivity contribution in [3.05, 3.63) is 36.2 Å². The molecule has 130 valence electrons. The van der Waals surface area contributed by atoms with E-state index in [1.54, 1.807) is 24.1 Å². The van der Waals surface area contributed by atoms with Crippen LogP contribution in [0.4, 0.5) is 10.7 Å². The molecule has 10 nitrogen and oxygen atoms in total. The summed E-state index contributed by atoms with van der Waals surface area (Å²) in [5, 5.41) is 16.5. The maximum absolute atomic E-state index is 11.9. The van der Waals surface area contributed by atoms with Crippen molar-refractivity contribution in [2.24, 2.45) is 7.05 Å². The lowest BCUT2D eigenvalue weighted by atomic mass is 10.3. The number of aromatic nitrogens is 7. The molecule has 0 aromatic carbocycles. The Morgan fingerprint density at radius 1 is 1.36 bits per heavy atom. The summed E-state index contributed by atoms with van der Waals surface area (Å²) in [6.45, 7) is 2.38. The van der Waals surface area contributed by atoms with E-state index < -0.39 is 0 Å². The van der Waals surface area contributed by atoms with Crippen LogP contribution in [0.1, 0.15) is 18.6 Å². The molecule has 0 fully saturated rings. The van der Waals surface area contributed by atoms with Crippen LogP contribution >= 0.6 is 0 Å². The van der Waals surface area contributed by atoms with Gasteiger partial charge in [-0.15, -0.1) is 5.10 Å². The lowest BCUT2D eigenvalue weighted by Gasteiger charge is -2.03. The second kappa shape index (κ2) is 7.51. The second-order valence-corrected chi connectivity index (χ2v) is 5.31. The molecule has 0 aliphatic carbocycles. The van der Waals surface area contributed by atoms with E-state index in [0.29, 0.717) is 24.6 Å². The number of rotatable bonds is 6. The van der Waals surface area contributed by atoms with Crippen LogP contribution in [0.25, 0.3) is 11.4 Å². The molecule has 0 aliphatic rings. The third kappa shape index (κ3) is 4.16. The van der Waals surface area contributed by atoms with Crippen molar-refractivity contribution in [3.63, 3.8) is 0 Å². The van der Waals surface area contributed by atoms with E-state index in [-0.39, 0.29) is 12.0 Å². The van der Waals surface area contributed by atoms with Crippen LogP contribution < -0.4 is 10.6 Å². The molecule has 0 atom stereocenters. The SMILES string of the molecule is CCc1nc(NC(=O)NCCc2nc(-c3cccnc3)n[nH]2)nn1C. The number of carbonyl (C=O) groups is 1. The average molecular weight is 341 g/mol. The van der Waals surface area contributed by atoms with Crippen LogP contribution in [0.2, 0.25) is 0 Å². The minimum Gasteiger partial charge on any atom is -0.337 e. The monoisotopic (exact) mass is 341 g/mol. The van der Waals surface area contributed by atoms with Gasteiger partial charge in [0.05, 0.1) is 0 Å². The van der Waals surface area contributed by atoms with Gasteiger partial charge in [-0.25, -0.2) is 9.78 Å². The minimum atomic E-state index is -0.361. The van der Waals surface area contributed by atoms with Crippen LogP contribution in [0.3, 0.4) is 0 Å². The van der Waals surface area contributed by atoms with Gasteiger partial charge in [0.15, 0.2) is 5.82 Å². The summed E-state index contributed by atoms with van der Waals surface area (Å²) < 4.78 is 1.64. The number of hydrogen-bond donors (Lipinski definition) is 3. The molecule has 3 aromatic heterocycles. The highest BCUT2D eigenvalue weighted by atomic mass is 16.2.